The van der Waals surface area contributed by atoms with Gasteiger partial charge in [0.05, 0.1) is 6.20 Å². The zero-order valence-electron chi connectivity index (χ0n) is 11.6. The van der Waals surface area contributed by atoms with Gasteiger partial charge in [-0.2, -0.15) is 5.10 Å². The molecule has 4 N–H and O–H groups in total. The Bertz CT molecular complexity index is 588. The minimum atomic E-state index is 0.533. The van der Waals surface area contributed by atoms with E-state index < -0.39 is 0 Å². The van der Waals surface area contributed by atoms with Crippen LogP contribution in [0.15, 0.2) is 41.0 Å². The minimum Gasteiger partial charge on any atom is -0.382 e. The zero-order valence-corrected chi connectivity index (χ0v) is 11.6. The lowest BCUT2D eigenvalue weighted by atomic mass is 10.3. The van der Waals surface area contributed by atoms with E-state index in [4.69, 9.17) is 11.5 Å². The van der Waals surface area contributed by atoms with Crippen LogP contribution in [0.3, 0.4) is 0 Å². The number of azo groups is 1. The van der Waals surface area contributed by atoms with Gasteiger partial charge in [-0.05, 0) is 25.5 Å². The highest BCUT2D eigenvalue weighted by Crippen LogP contribution is 2.23. The van der Waals surface area contributed by atoms with Gasteiger partial charge < -0.3 is 11.5 Å². The summed E-state index contributed by atoms with van der Waals surface area (Å²) < 4.78 is 3.64. The predicted molar refractivity (Wildman–Crippen MR) is 76.7 cm³/mol. The Morgan fingerprint density at radius 1 is 1.35 bits per heavy atom. The molecule has 0 amide bonds. The van der Waals surface area contributed by atoms with Crippen LogP contribution in [-0.2, 0) is 13.6 Å². The molecule has 0 aliphatic carbocycles. The van der Waals surface area contributed by atoms with E-state index in [-0.39, 0.29) is 0 Å². The van der Waals surface area contributed by atoms with Crippen molar-refractivity contribution in [2.75, 3.05) is 12.3 Å². The normalized spacial score (nSPS) is 11.3. The molecule has 2 rings (SSSR count). The maximum Gasteiger partial charge on any atom is 0.196 e. The molecule has 0 aliphatic heterocycles. The third-order valence-corrected chi connectivity index (χ3v) is 2.88. The number of pyridine rings is 1. The van der Waals surface area contributed by atoms with E-state index >= 15 is 0 Å². The number of unbranched alkanes of at least 4 members (excludes halogenated alkanes) is 1. The molecule has 0 aliphatic rings. The lowest BCUT2D eigenvalue weighted by Gasteiger charge is -2.02. The topological polar surface area (TPSA) is 98.5 Å². The van der Waals surface area contributed by atoms with Crippen LogP contribution in [0.1, 0.15) is 12.8 Å². The highest BCUT2D eigenvalue weighted by atomic mass is 15.3. The van der Waals surface area contributed by atoms with E-state index in [2.05, 4.69) is 15.3 Å². The fraction of sp³-hybridized carbons (Fsp3) is 0.385. The summed E-state index contributed by atoms with van der Waals surface area (Å²) in [6.45, 7) is 1.43. The molecule has 2 heterocycles. The molecule has 2 aromatic rings. The summed E-state index contributed by atoms with van der Waals surface area (Å²) in [5.41, 5.74) is 12.8. The lowest BCUT2D eigenvalue weighted by Crippen LogP contribution is -2.25. The number of aryl methyl sites for hydroxylation is 2. The summed E-state index contributed by atoms with van der Waals surface area (Å²) in [6, 6.07) is 3.79. The number of rotatable bonds is 6. The number of aromatic nitrogens is 3. The fourth-order valence-electron chi connectivity index (χ4n) is 1.79. The Morgan fingerprint density at radius 3 is 2.95 bits per heavy atom. The summed E-state index contributed by atoms with van der Waals surface area (Å²) in [6.07, 6.45) is 7.35. The van der Waals surface area contributed by atoms with Gasteiger partial charge >= 0.3 is 0 Å². The predicted octanol–water partition coefficient (Wildman–Crippen LogP) is 1.44. The molecule has 0 radical (unpaired) electrons. The zero-order chi connectivity index (χ0) is 14.4. The van der Waals surface area contributed by atoms with Crippen molar-refractivity contribution >= 4 is 17.2 Å². The minimum absolute atomic E-state index is 0.533. The van der Waals surface area contributed by atoms with E-state index in [0.29, 0.717) is 18.1 Å². The Labute approximate surface area is 117 Å². The highest BCUT2D eigenvalue weighted by Gasteiger charge is 2.06. The van der Waals surface area contributed by atoms with Crippen LogP contribution >= 0.6 is 0 Å². The Kier molecular flexibility index (Phi) is 4.78. The van der Waals surface area contributed by atoms with Gasteiger partial charge in [-0.3, -0.25) is 0 Å². The molecular weight excluding hydrogens is 254 g/mol. The van der Waals surface area contributed by atoms with Crippen molar-refractivity contribution < 1.29 is 4.57 Å². The van der Waals surface area contributed by atoms with Gasteiger partial charge in [0.2, 0.25) is 0 Å². The second-order valence-corrected chi connectivity index (χ2v) is 4.56. The first-order chi connectivity index (χ1) is 9.70. The van der Waals surface area contributed by atoms with Crippen LogP contribution < -0.4 is 16.0 Å². The lowest BCUT2D eigenvalue weighted by molar-refractivity contribution is -0.670. The van der Waals surface area contributed by atoms with Crippen molar-refractivity contribution in [1.29, 1.82) is 0 Å². The van der Waals surface area contributed by atoms with E-state index in [0.717, 1.165) is 25.1 Å². The average Bonchev–Trinajstić information content (AvgIpc) is 2.78. The molecule has 0 unspecified atom stereocenters. The first-order valence-corrected chi connectivity index (χ1v) is 6.59. The van der Waals surface area contributed by atoms with Crippen molar-refractivity contribution in [2.24, 2.45) is 23.0 Å². The van der Waals surface area contributed by atoms with Gasteiger partial charge in [0.15, 0.2) is 12.4 Å². The number of anilines is 1. The molecule has 20 heavy (non-hydrogen) atoms. The van der Waals surface area contributed by atoms with Crippen LogP contribution in [0.4, 0.5) is 17.2 Å². The monoisotopic (exact) mass is 274 g/mol. The Hall–Kier alpha value is -2.28. The molecule has 0 fully saturated rings. The first-order valence-electron chi connectivity index (χ1n) is 6.59. The summed E-state index contributed by atoms with van der Waals surface area (Å²) in [5.74, 6) is 0.533. The largest absolute Gasteiger partial charge is 0.382 e. The summed E-state index contributed by atoms with van der Waals surface area (Å²) in [5, 5.41) is 12.5. The number of nitrogens with two attached hydrogens (primary N) is 2. The van der Waals surface area contributed by atoms with E-state index in [1.54, 1.807) is 10.9 Å². The third kappa shape index (κ3) is 3.61. The molecule has 106 valence electrons. The van der Waals surface area contributed by atoms with Crippen molar-refractivity contribution in [3.05, 3.63) is 30.7 Å². The smallest absolute Gasteiger partial charge is 0.196 e. The molecule has 2 aromatic heterocycles. The number of nitrogen functional groups attached to an aromatic ring is 1. The molecule has 0 bridgehead atoms. The van der Waals surface area contributed by atoms with Crippen LogP contribution in [0.5, 0.6) is 0 Å². The summed E-state index contributed by atoms with van der Waals surface area (Å²) in [4.78, 5) is 0. The maximum atomic E-state index is 5.99. The second kappa shape index (κ2) is 6.76. The van der Waals surface area contributed by atoms with Crippen molar-refractivity contribution in [1.82, 2.24) is 9.78 Å². The van der Waals surface area contributed by atoms with Gasteiger partial charge in [0.1, 0.15) is 24.2 Å². The van der Waals surface area contributed by atoms with E-state index in [1.165, 1.54) is 0 Å². The quantitative estimate of drug-likeness (QED) is 0.473. The summed E-state index contributed by atoms with van der Waals surface area (Å²) >= 11 is 0. The van der Waals surface area contributed by atoms with Crippen molar-refractivity contribution in [2.45, 2.75) is 19.4 Å². The van der Waals surface area contributed by atoms with Crippen LogP contribution in [0.2, 0.25) is 0 Å². The first kappa shape index (κ1) is 14.1. The SMILES string of the molecule is C[n+]1cccc(/N=N/c2cnn(CCCCN)c2N)c1. The number of hydrogen-bond donors (Lipinski definition) is 2. The van der Waals surface area contributed by atoms with Crippen LogP contribution in [0, 0.1) is 0 Å². The van der Waals surface area contributed by atoms with Gasteiger partial charge in [0.25, 0.3) is 0 Å². The molecular formula is C13H20N7+. The molecule has 0 aromatic carbocycles. The molecule has 7 heteroatoms. The Morgan fingerprint density at radius 2 is 2.20 bits per heavy atom. The molecule has 0 saturated heterocycles. The van der Waals surface area contributed by atoms with Gasteiger partial charge in [0, 0.05) is 12.6 Å². The van der Waals surface area contributed by atoms with Gasteiger partial charge in [-0.1, -0.05) is 0 Å². The molecule has 0 spiro atoms. The number of nitrogens with zero attached hydrogens (tertiary/aromatic N) is 5. The van der Waals surface area contributed by atoms with E-state index in [1.807, 2.05) is 36.1 Å². The molecule has 0 atom stereocenters. The third-order valence-electron chi connectivity index (χ3n) is 2.88. The Balaban J connectivity index is 2.06. The standard InChI is InChI=1S/C13H20N7/c1-19-7-4-5-11(10-19)17-18-12-9-16-20(13(12)15)8-3-2-6-14/h4-5,7,9-10H,2-3,6,8,14-15H2,1H3/q+1/b18-17+. The molecule has 7 nitrogen and oxygen atoms in total. The van der Waals surface area contributed by atoms with Crippen molar-refractivity contribution in [3.63, 3.8) is 0 Å². The maximum absolute atomic E-state index is 5.99. The molecule has 0 saturated carbocycles. The number of hydrogen-bond acceptors (Lipinski definition) is 5. The second-order valence-electron chi connectivity index (χ2n) is 4.56. The van der Waals surface area contributed by atoms with E-state index in [9.17, 15) is 0 Å². The average molecular weight is 274 g/mol. The fourth-order valence-corrected chi connectivity index (χ4v) is 1.79. The van der Waals surface area contributed by atoms with Gasteiger partial charge in [-0.25, -0.2) is 9.25 Å². The van der Waals surface area contributed by atoms with Gasteiger partial charge in [-0.15, -0.1) is 10.2 Å². The van der Waals surface area contributed by atoms with Crippen molar-refractivity contribution in [3.8, 4) is 0 Å². The van der Waals surface area contributed by atoms with Crippen LogP contribution in [-0.4, -0.2) is 16.3 Å². The highest BCUT2D eigenvalue weighted by molar-refractivity contribution is 5.56. The van der Waals surface area contributed by atoms with Crippen LogP contribution in [0.25, 0.3) is 0 Å². The summed E-state index contributed by atoms with van der Waals surface area (Å²) in [7, 11) is 1.93.